The van der Waals surface area contributed by atoms with Gasteiger partial charge in [0.1, 0.15) is 5.75 Å². The van der Waals surface area contributed by atoms with Gasteiger partial charge in [-0.15, -0.1) is 0 Å². The van der Waals surface area contributed by atoms with Crippen LogP contribution in [0.3, 0.4) is 0 Å². The summed E-state index contributed by atoms with van der Waals surface area (Å²) in [6.45, 7) is 0.795. The van der Waals surface area contributed by atoms with Gasteiger partial charge < -0.3 is 15.4 Å². The predicted molar refractivity (Wildman–Crippen MR) is 101 cm³/mol. The lowest BCUT2D eigenvalue weighted by molar-refractivity contribution is -0.124. The average molecular weight is 401 g/mol. The van der Waals surface area contributed by atoms with Gasteiger partial charge in [-0.1, -0.05) is 11.6 Å². The van der Waals surface area contributed by atoms with Crippen LogP contribution in [0.4, 0.5) is 8.78 Å². The Hall–Kier alpha value is -1.40. The summed E-state index contributed by atoms with van der Waals surface area (Å²) in [5, 5.41) is 7.13. The van der Waals surface area contributed by atoms with E-state index in [1.807, 2.05) is 0 Å². The molecule has 2 fully saturated rings. The van der Waals surface area contributed by atoms with E-state index in [1.165, 1.54) is 0 Å². The number of benzene rings is 1. The zero-order valence-electron chi connectivity index (χ0n) is 15.4. The molecule has 0 heterocycles. The van der Waals surface area contributed by atoms with E-state index in [9.17, 15) is 13.6 Å². The maximum Gasteiger partial charge on any atom is 0.258 e. The van der Waals surface area contributed by atoms with Gasteiger partial charge in [-0.05, 0) is 68.8 Å². The highest BCUT2D eigenvalue weighted by Gasteiger charge is 2.44. The van der Waals surface area contributed by atoms with Crippen molar-refractivity contribution >= 4 is 17.5 Å². The molecule has 27 heavy (non-hydrogen) atoms. The molecule has 2 saturated carbocycles. The van der Waals surface area contributed by atoms with E-state index in [1.54, 1.807) is 24.3 Å². The molecular formula is C20H27ClF2N2O2. The van der Waals surface area contributed by atoms with Gasteiger partial charge in [-0.2, -0.15) is 0 Å². The monoisotopic (exact) mass is 400 g/mol. The van der Waals surface area contributed by atoms with Crippen LogP contribution in [-0.2, 0) is 4.79 Å². The second-order valence-electron chi connectivity index (χ2n) is 7.73. The lowest BCUT2D eigenvalue weighted by Gasteiger charge is -2.36. The minimum Gasteiger partial charge on any atom is -0.484 e. The Morgan fingerprint density at radius 3 is 2.37 bits per heavy atom. The van der Waals surface area contributed by atoms with Gasteiger partial charge in [-0.25, -0.2) is 8.78 Å². The minimum absolute atomic E-state index is 0.00810. The molecule has 0 saturated heterocycles. The van der Waals surface area contributed by atoms with E-state index in [-0.39, 0.29) is 37.3 Å². The Morgan fingerprint density at radius 2 is 1.74 bits per heavy atom. The number of halogens is 3. The predicted octanol–water partition coefficient (Wildman–Crippen LogP) is 4.17. The number of carbonyl (C=O) groups excluding carboxylic acids is 1. The van der Waals surface area contributed by atoms with Crippen LogP contribution >= 0.6 is 11.6 Å². The largest absolute Gasteiger partial charge is 0.484 e. The van der Waals surface area contributed by atoms with Crippen molar-refractivity contribution in [2.24, 2.45) is 5.92 Å². The molecule has 0 atom stereocenters. The van der Waals surface area contributed by atoms with Crippen molar-refractivity contribution in [1.29, 1.82) is 0 Å². The minimum atomic E-state index is -2.42. The number of amides is 1. The van der Waals surface area contributed by atoms with Crippen LogP contribution in [0.15, 0.2) is 24.3 Å². The van der Waals surface area contributed by atoms with Crippen LogP contribution in [0.25, 0.3) is 0 Å². The van der Waals surface area contributed by atoms with E-state index in [2.05, 4.69) is 10.6 Å². The van der Waals surface area contributed by atoms with Crippen molar-refractivity contribution < 1.29 is 18.3 Å². The summed E-state index contributed by atoms with van der Waals surface area (Å²) in [5.74, 6) is -1.75. The Labute approximate surface area is 164 Å². The van der Waals surface area contributed by atoms with Crippen LogP contribution in [0, 0.1) is 5.92 Å². The first-order valence-electron chi connectivity index (χ1n) is 9.68. The Kier molecular flexibility index (Phi) is 6.93. The maximum absolute atomic E-state index is 12.8. The molecule has 0 spiro atoms. The quantitative estimate of drug-likeness (QED) is 0.688. The average Bonchev–Trinajstić information content (AvgIpc) is 2.61. The van der Waals surface area contributed by atoms with Crippen LogP contribution in [0.2, 0.25) is 5.02 Å². The third-order valence-electron chi connectivity index (χ3n) is 5.44. The molecule has 0 unspecified atom stereocenters. The molecule has 0 aliphatic heterocycles. The Bertz CT molecular complexity index is 611. The number of alkyl halides is 2. The van der Waals surface area contributed by atoms with Gasteiger partial charge in [0.15, 0.2) is 6.61 Å². The first-order valence-corrected chi connectivity index (χ1v) is 10.1. The van der Waals surface area contributed by atoms with Crippen LogP contribution in [0.1, 0.15) is 44.9 Å². The smallest absolute Gasteiger partial charge is 0.258 e. The summed E-state index contributed by atoms with van der Waals surface area (Å²) in [4.78, 5) is 12.0. The summed E-state index contributed by atoms with van der Waals surface area (Å²) < 4.78 is 31.1. The number of hydrogen-bond acceptors (Lipinski definition) is 3. The molecule has 3 rings (SSSR count). The van der Waals surface area contributed by atoms with Crippen molar-refractivity contribution in [3.8, 4) is 5.75 Å². The topological polar surface area (TPSA) is 50.4 Å². The second kappa shape index (κ2) is 9.20. The van der Waals surface area contributed by atoms with Crippen molar-refractivity contribution in [2.45, 2.75) is 63.0 Å². The first kappa shape index (κ1) is 20.3. The van der Waals surface area contributed by atoms with Gasteiger partial charge in [0.25, 0.3) is 5.91 Å². The fraction of sp³-hybridized carbons (Fsp3) is 0.650. The highest BCUT2D eigenvalue weighted by molar-refractivity contribution is 6.30. The summed E-state index contributed by atoms with van der Waals surface area (Å²) in [6, 6.07) is 7.51. The molecule has 1 aromatic carbocycles. The summed E-state index contributed by atoms with van der Waals surface area (Å²) in [5.41, 5.74) is 0. The van der Waals surface area contributed by atoms with Gasteiger partial charge in [0, 0.05) is 29.9 Å². The lowest BCUT2D eigenvalue weighted by Crippen LogP contribution is -2.44. The zero-order valence-corrected chi connectivity index (χ0v) is 16.1. The SMILES string of the molecule is O=C(COc1ccc(Cl)cc1)NC1CCC(NCCC2CC(F)(F)C2)CC1. The molecule has 2 aliphatic carbocycles. The van der Waals surface area contributed by atoms with Gasteiger partial charge in [0.05, 0.1) is 0 Å². The van der Waals surface area contributed by atoms with E-state index in [0.717, 1.165) is 38.6 Å². The number of hydrogen-bond donors (Lipinski definition) is 2. The van der Waals surface area contributed by atoms with E-state index >= 15 is 0 Å². The highest BCUT2D eigenvalue weighted by atomic mass is 35.5. The van der Waals surface area contributed by atoms with Crippen molar-refractivity contribution in [1.82, 2.24) is 10.6 Å². The fourth-order valence-electron chi connectivity index (χ4n) is 3.87. The Balaban J connectivity index is 1.25. The molecule has 1 amide bonds. The zero-order chi connectivity index (χ0) is 19.3. The number of nitrogens with one attached hydrogen (secondary N) is 2. The van der Waals surface area contributed by atoms with Gasteiger partial charge in [0.2, 0.25) is 5.92 Å². The van der Waals surface area contributed by atoms with Crippen molar-refractivity contribution in [2.75, 3.05) is 13.2 Å². The molecule has 150 valence electrons. The maximum atomic E-state index is 12.8. The molecule has 0 aromatic heterocycles. The van der Waals surface area contributed by atoms with E-state index < -0.39 is 5.92 Å². The summed E-state index contributed by atoms with van der Waals surface area (Å²) in [7, 11) is 0. The molecule has 1 aromatic rings. The third kappa shape index (κ3) is 6.61. The molecule has 0 radical (unpaired) electrons. The number of ether oxygens (including phenoxy) is 1. The molecule has 4 nitrogen and oxygen atoms in total. The molecular weight excluding hydrogens is 374 g/mol. The van der Waals surface area contributed by atoms with Gasteiger partial charge in [-0.3, -0.25) is 4.79 Å². The molecule has 2 N–H and O–H groups in total. The standard InChI is InChI=1S/C20H27ClF2N2O2/c21-15-1-7-18(8-2-15)27-13-19(26)25-17-5-3-16(4-6-17)24-10-9-14-11-20(22,23)12-14/h1-2,7-8,14,16-17,24H,3-6,9-13H2,(H,25,26). The third-order valence-corrected chi connectivity index (χ3v) is 5.69. The van der Waals surface area contributed by atoms with Crippen LogP contribution in [0.5, 0.6) is 5.75 Å². The van der Waals surface area contributed by atoms with Crippen LogP contribution < -0.4 is 15.4 Å². The second-order valence-corrected chi connectivity index (χ2v) is 8.17. The van der Waals surface area contributed by atoms with Crippen molar-refractivity contribution in [3.05, 3.63) is 29.3 Å². The van der Waals surface area contributed by atoms with Gasteiger partial charge >= 0.3 is 0 Å². The Morgan fingerprint density at radius 1 is 1.11 bits per heavy atom. The summed E-state index contributed by atoms with van der Waals surface area (Å²) in [6.07, 6.45) is 4.75. The summed E-state index contributed by atoms with van der Waals surface area (Å²) >= 11 is 5.81. The van der Waals surface area contributed by atoms with E-state index in [0.29, 0.717) is 16.8 Å². The highest BCUT2D eigenvalue weighted by Crippen LogP contribution is 2.43. The normalized spacial score (nSPS) is 24.9. The van der Waals surface area contributed by atoms with Crippen molar-refractivity contribution in [3.63, 3.8) is 0 Å². The van der Waals surface area contributed by atoms with E-state index in [4.69, 9.17) is 16.3 Å². The fourth-order valence-corrected chi connectivity index (χ4v) is 4.00. The van der Waals surface area contributed by atoms with Crippen LogP contribution in [-0.4, -0.2) is 37.1 Å². The molecule has 0 bridgehead atoms. The number of carbonyl (C=O) groups is 1. The molecule has 7 heteroatoms. The molecule has 2 aliphatic rings. The first-order chi connectivity index (χ1) is 12.9. The number of rotatable bonds is 8. The lowest BCUT2D eigenvalue weighted by atomic mass is 9.79.